The van der Waals surface area contributed by atoms with Crippen LogP contribution in [0.15, 0.2) is 30.3 Å². The lowest BCUT2D eigenvalue weighted by Crippen LogP contribution is -2.62. The Bertz CT molecular complexity index is 4170. The largest absolute Gasteiger partial charge is 0.480 e. The molecule has 0 spiro atoms. The van der Waals surface area contributed by atoms with Gasteiger partial charge in [0.15, 0.2) is 0 Å². The van der Waals surface area contributed by atoms with Gasteiger partial charge in [-0.2, -0.15) is 0 Å². The molecule has 134 heavy (non-hydrogen) atoms. The van der Waals surface area contributed by atoms with Crippen LogP contribution in [0.2, 0.25) is 0 Å². The lowest BCUT2D eigenvalue weighted by Gasteiger charge is -2.32. The van der Waals surface area contributed by atoms with Gasteiger partial charge >= 0.3 is 5.97 Å². The van der Waals surface area contributed by atoms with E-state index in [0.29, 0.717) is 12.0 Å². The number of unbranched alkanes of at least 4 members (excludes halogenated alkanes) is 2. The molecule has 0 saturated carbocycles. The lowest BCUT2D eigenvalue weighted by molar-refractivity contribution is -0.143. The van der Waals surface area contributed by atoms with E-state index in [2.05, 4.69) is 74.4 Å². The maximum absolute atomic E-state index is 15.0. The van der Waals surface area contributed by atoms with E-state index in [4.69, 9.17) is 22.3 Å². The molecule has 1 aromatic carbocycles. The average molecular weight is 1910 g/mol. The number of carboxylic acids is 1. The molecule has 51 nitrogen and oxygen atoms in total. The summed E-state index contributed by atoms with van der Waals surface area (Å²) >= 11 is 0. The summed E-state index contributed by atoms with van der Waals surface area (Å²) in [5, 5.41) is 128. The predicted molar refractivity (Wildman–Crippen MR) is 470 cm³/mol. The van der Waals surface area contributed by atoms with Gasteiger partial charge in [0.2, 0.25) is 112 Å². The molecule has 0 bridgehead atoms. The molecule has 3 fully saturated rings. The number of aliphatic hydroxyl groups is 8. The highest BCUT2D eigenvalue weighted by Gasteiger charge is 2.45. The topological polar surface area (TPSA) is 804 Å². The van der Waals surface area contributed by atoms with E-state index in [1.165, 1.54) is 18.7 Å². The molecule has 1 aromatic rings. The zero-order chi connectivity index (χ0) is 100. The van der Waals surface area contributed by atoms with Gasteiger partial charge in [0.05, 0.1) is 64.4 Å². The summed E-state index contributed by atoms with van der Waals surface area (Å²) in [6.07, 6.45) is -1.76. The van der Waals surface area contributed by atoms with Crippen molar-refractivity contribution in [2.24, 2.45) is 29.0 Å². The monoisotopic (exact) mass is 1900 g/mol. The smallest absolute Gasteiger partial charge is 0.322 e. The zero-order valence-corrected chi connectivity index (χ0v) is 76.4. The summed E-state index contributed by atoms with van der Waals surface area (Å²) in [5.41, 5.74) is 17.4. The summed E-state index contributed by atoms with van der Waals surface area (Å²) in [6.45, 7) is 3.64. The van der Waals surface area contributed by atoms with Crippen molar-refractivity contribution in [3.63, 3.8) is 0 Å². The number of nitrogens with zero attached hydrogens (tertiary/aromatic N) is 3. The van der Waals surface area contributed by atoms with Crippen LogP contribution in [0.25, 0.3) is 0 Å². The third kappa shape index (κ3) is 35.9. The van der Waals surface area contributed by atoms with Crippen LogP contribution < -0.4 is 102 Å². The van der Waals surface area contributed by atoms with Crippen LogP contribution in [0, 0.1) is 11.8 Å². The third-order valence-electron chi connectivity index (χ3n) is 22.2. The number of carbonyl (C=O) groups excluding carboxylic acids is 19. The second-order valence-electron chi connectivity index (χ2n) is 33.8. The maximum atomic E-state index is 15.0. The highest BCUT2D eigenvalue weighted by molar-refractivity contribution is 6.02. The summed E-state index contributed by atoms with van der Waals surface area (Å²) in [7, 11) is 0. The van der Waals surface area contributed by atoms with Crippen molar-refractivity contribution in [1.29, 1.82) is 0 Å². The van der Waals surface area contributed by atoms with Gasteiger partial charge < -0.3 is 163 Å². The Morgan fingerprint density at radius 1 is 0.366 bits per heavy atom. The Morgan fingerprint density at radius 3 is 1.11 bits per heavy atom. The number of aliphatic carboxylic acids is 1. The summed E-state index contributed by atoms with van der Waals surface area (Å²) in [6, 6.07) is -19.5. The van der Waals surface area contributed by atoms with Crippen molar-refractivity contribution in [2.75, 3.05) is 85.5 Å². The van der Waals surface area contributed by atoms with Crippen molar-refractivity contribution in [1.82, 2.24) is 99.8 Å². The average Bonchev–Trinajstić information content (AvgIpc) is 1.62. The van der Waals surface area contributed by atoms with Gasteiger partial charge in [0.1, 0.15) is 109 Å². The summed E-state index contributed by atoms with van der Waals surface area (Å²) in [4.78, 5) is 276. The van der Waals surface area contributed by atoms with Crippen molar-refractivity contribution in [3.8, 4) is 0 Å². The molecule has 0 aliphatic carbocycles. The normalized spacial score (nSPS) is 18.5. The zero-order valence-electron chi connectivity index (χ0n) is 76.4. The molecule has 4 rings (SSSR count). The van der Waals surface area contributed by atoms with Crippen LogP contribution in [0.1, 0.15) is 144 Å². The minimum absolute atomic E-state index is 0.00126. The number of amides is 19. The third-order valence-corrected chi connectivity index (χ3v) is 22.2. The van der Waals surface area contributed by atoms with Crippen LogP contribution in [0.3, 0.4) is 0 Å². The first-order chi connectivity index (χ1) is 63.4. The van der Waals surface area contributed by atoms with Crippen molar-refractivity contribution in [2.45, 2.75) is 266 Å². The molecule has 3 saturated heterocycles. The Kier molecular flexibility index (Phi) is 49.3. The van der Waals surface area contributed by atoms with E-state index in [9.17, 15) is 132 Å². The first-order valence-electron chi connectivity index (χ1n) is 44.5. The molecule has 51 heteroatoms. The van der Waals surface area contributed by atoms with Gasteiger partial charge in [-0.1, -0.05) is 58.0 Å². The number of nitrogens with one attached hydrogen (secondary N) is 16. The highest BCUT2D eigenvalue weighted by Crippen LogP contribution is 2.24. The molecule has 3 aliphatic heterocycles. The van der Waals surface area contributed by atoms with Crippen LogP contribution in [0.5, 0.6) is 0 Å². The Morgan fingerprint density at radius 2 is 0.694 bits per heavy atom. The van der Waals surface area contributed by atoms with Crippen molar-refractivity contribution >= 4 is 118 Å². The van der Waals surface area contributed by atoms with Crippen LogP contribution >= 0.6 is 0 Å². The minimum atomic E-state index is -1.92. The molecule has 0 radical (unpaired) electrons. The molecule has 3 heterocycles. The van der Waals surface area contributed by atoms with Gasteiger partial charge in [0.25, 0.3) is 0 Å². The number of likely N-dealkylation sites (tertiary alicyclic amines) is 3. The number of carbonyl (C=O) groups is 20. The number of aliphatic hydroxyl groups excluding tert-OH is 8. The van der Waals surface area contributed by atoms with Gasteiger partial charge in [-0.15, -0.1) is 0 Å². The second-order valence-corrected chi connectivity index (χ2v) is 33.8. The molecule has 31 N–H and O–H groups in total. The fourth-order valence-electron chi connectivity index (χ4n) is 14.7. The molecule has 3 aliphatic rings. The number of nitrogens with two attached hydrogens (primary N) is 3. The van der Waals surface area contributed by atoms with Gasteiger partial charge in [0, 0.05) is 26.1 Å². The Balaban J connectivity index is 1.42. The van der Waals surface area contributed by atoms with Gasteiger partial charge in [-0.05, 0) is 142 Å². The van der Waals surface area contributed by atoms with E-state index in [1.807, 2.05) is 10.6 Å². The molecule has 19 amide bonds. The first-order valence-corrected chi connectivity index (χ1v) is 44.5. The van der Waals surface area contributed by atoms with E-state index < -0.39 is 298 Å². The van der Waals surface area contributed by atoms with Crippen LogP contribution in [0.4, 0.5) is 0 Å². The van der Waals surface area contributed by atoms with E-state index in [-0.39, 0.29) is 122 Å². The number of rotatable bonds is 57. The summed E-state index contributed by atoms with van der Waals surface area (Å²) < 4.78 is 0. The number of carboxylic acid groups (broad SMARTS) is 1. The second kappa shape index (κ2) is 57.7. The van der Waals surface area contributed by atoms with Crippen molar-refractivity contribution in [3.05, 3.63) is 35.9 Å². The van der Waals surface area contributed by atoms with Crippen LogP contribution in [-0.4, -0.2) is 385 Å². The Labute approximate surface area is 773 Å². The predicted octanol–water partition coefficient (Wildman–Crippen LogP) is -13.7. The number of hydrogen-bond donors (Lipinski definition) is 28. The standard InChI is InChI=1S/C83H136N22O29/c1-41(2)31-50(70(121)89-44(6)82(133)104-29-17-24-59(104)78(129)97-54(37-108)72(123)96-53(36-107)71(122)90-49(22-13-15-27-85)69(120)95-56(39-110)75(126)102-65(46(8)113)81(132)99-52(35-106)68(119)88-34-62(115)116)92-77(128)60-25-18-30-105(60)83(134)51(32-47-19-10-9-11-20-47)93-79(130)63(42(3)4)100-73(124)57(40-111)98-76(127)58-23-16-28-103(58)61(114)33-87-67(118)48(21-12-14-26-84)91-80(131)64(45(7)112)101-74(125)55(38-109)94-66(117)43(5)86/h9-11,19-20,41-46,48-60,63-65,106-113H,12-18,21-40,84-86H2,1-8H3,(H,87,118)(H,88,119)(H,89,121)(H,90,122)(H,91,131)(H,92,128)(H,93,130)(H,94,117)(H,95,120)(H,96,123)(H,97,129)(H,98,127)(H,99,132)(H,100,124)(H,101,125)(H,102,126)(H,115,116)/t43-,44-,45+,46+,48-,49-,50-,51-,52-,53-,54-,55-,56-,57-,58-,59-,60-,63-,64-,65-/m0/s1. The van der Waals surface area contributed by atoms with Crippen LogP contribution in [-0.2, 0) is 102 Å². The van der Waals surface area contributed by atoms with Gasteiger partial charge in [-0.25, -0.2) is 0 Å². The molecule has 20 atom stereocenters. The quantitative estimate of drug-likeness (QED) is 0.0269. The molecular formula is C83H136N22O29. The summed E-state index contributed by atoms with van der Waals surface area (Å²) in [5.74, 6) is -21.5. The van der Waals surface area contributed by atoms with E-state index in [1.54, 1.807) is 58.0 Å². The number of hydrogen-bond acceptors (Lipinski definition) is 31. The molecule has 0 aromatic heterocycles. The molecular weight excluding hydrogens is 1770 g/mol. The first kappa shape index (κ1) is 114. The van der Waals surface area contributed by atoms with Gasteiger partial charge in [-0.3, -0.25) is 95.9 Å². The van der Waals surface area contributed by atoms with E-state index in [0.717, 1.165) is 23.6 Å². The fraction of sp³-hybridized carbons (Fsp3) is 0.687. The highest BCUT2D eigenvalue weighted by atomic mass is 16.4. The number of benzene rings is 1. The fourth-order valence-corrected chi connectivity index (χ4v) is 14.7. The minimum Gasteiger partial charge on any atom is -0.480 e. The molecule has 0 unspecified atom stereocenters. The molecule has 752 valence electrons. The SMILES string of the molecule is CC(C)C[C@H](NC(=O)[C@@H]1CCCN1C(=O)[C@H](Cc1ccccc1)NC(=O)[C@@H](NC(=O)[C@H](CO)NC(=O)[C@@H]1CCCN1C(=O)CNC(=O)[C@H](CCCCN)NC(=O)[C@@H](NC(=O)[C@H](CO)NC(=O)[C@H](C)N)[C@@H](C)O)C(C)C)C(=O)N[C@@H](C)C(=O)N1CCC[C@H]1C(=O)N[C@@H](CO)C(=O)N[C@@H](CO)C(=O)N[C@@H](CCCCN)C(=O)N[C@@H](CO)C(=O)N[C@H](C(=O)N[C@@H](CO)C(=O)NCC(=O)O)[C@@H](C)O. The van der Waals surface area contributed by atoms with E-state index >= 15 is 4.79 Å². The lowest BCUT2D eigenvalue weighted by atomic mass is 10.00. The maximum Gasteiger partial charge on any atom is 0.322 e. The van der Waals surface area contributed by atoms with Crippen molar-refractivity contribution < 1.29 is 142 Å². The Hall–Kier alpha value is -11.8.